The summed E-state index contributed by atoms with van der Waals surface area (Å²) in [4.78, 5) is 58.1. The van der Waals surface area contributed by atoms with Gasteiger partial charge in [-0.3, -0.25) is 23.7 Å². The van der Waals surface area contributed by atoms with Crippen molar-refractivity contribution in [3.63, 3.8) is 0 Å². The number of thioether (sulfide) groups is 1. The van der Waals surface area contributed by atoms with Crippen LogP contribution < -0.4 is 24.7 Å². The van der Waals surface area contributed by atoms with Crippen LogP contribution in [0.15, 0.2) is 82.6 Å². The van der Waals surface area contributed by atoms with E-state index in [4.69, 9.17) is 4.74 Å². The molecule has 14 heteroatoms. The fourth-order valence-electron chi connectivity index (χ4n) is 6.20. The van der Waals surface area contributed by atoms with Crippen molar-refractivity contribution in [3.05, 3.63) is 98.5 Å². The van der Waals surface area contributed by atoms with Crippen LogP contribution in [0.4, 0.5) is 30.2 Å². The molecule has 2 aliphatic rings. The van der Waals surface area contributed by atoms with Gasteiger partial charge in [0.15, 0.2) is 0 Å². The first-order valence-electron chi connectivity index (χ1n) is 15.2. The Kier molecular flexibility index (Phi) is 9.14. The van der Waals surface area contributed by atoms with E-state index in [1.165, 1.54) is 28.7 Å². The molecule has 0 saturated carbocycles. The second kappa shape index (κ2) is 13.2. The van der Waals surface area contributed by atoms with E-state index in [0.29, 0.717) is 21.3 Å². The van der Waals surface area contributed by atoms with Crippen molar-refractivity contribution < 1.29 is 32.3 Å². The second-order valence-electron chi connectivity index (χ2n) is 11.3. The number of hydrogen-bond donors (Lipinski definition) is 1. The largest absolute Gasteiger partial charge is 0.497 e. The molecule has 0 spiro atoms. The monoisotopic (exact) mass is 696 g/mol. The average molecular weight is 697 g/mol. The highest BCUT2D eigenvalue weighted by molar-refractivity contribution is 8.00. The topological polar surface area (TPSA) is 101 Å². The van der Waals surface area contributed by atoms with Crippen molar-refractivity contribution in [2.24, 2.45) is 5.92 Å². The van der Waals surface area contributed by atoms with E-state index in [1.807, 2.05) is 38.1 Å². The molecule has 9 nitrogen and oxygen atoms in total. The normalized spacial score (nSPS) is 18.8. The summed E-state index contributed by atoms with van der Waals surface area (Å²) in [7, 11) is 1.51. The predicted molar refractivity (Wildman–Crippen MR) is 179 cm³/mol. The molecule has 0 aliphatic carbocycles. The molecular weight excluding hydrogens is 666 g/mol. The summed E-state index contributed by atoms with van der Waals surface area (Å²) in [5.41, 5.74) is 1.11. The third kappa shape index (κ3) is 6.10. The van der Waals surface area contributed by atoms with Crippen LogP contribution in [0, 0.1) is 5.92 Å². The number of aromatic nitrogens is 1. The molecule has 3 amide bonds. The highest BCUT2D eigenvalue weighted by Gasteiger charge is 2.56. The lowest BCUT2D eigenvalue weighted by Gasteiger charge is -2.31. The van der Waals surface area contributed by atoms with Gasteiger partial charge in [0.25, 0.3) is 0 Å². The fourth-order valence-corrected chi connectivity index (χ4v) is 8.97. The van der Waals surface area contributed by atoms with Gasteiger partial charge in [0.2, 0.25) is 17.7 Å². The van der Waals surface area contributed by atoms with Crippen LogP contribution in [0.3, 0.4) is 0 Å². The number of anilines is 3. The summed E-state index contributed by atoms with van der Waals surface area (Å²) < 4.78 is 46.2. The minimum atomic E-state index is -4.60. The van der Waals surface area contributed by atoms with Gasteiger partial charge in [-0.1, -0.05) is 41.3 Å². The van der Waals surface area contributed by atoms with Crippen molar-refractivity contribution in [1.29, 1.82) is 0 Å². The molecule has 1 fully saturated rings. The molecule has 1 saturated heterocycles. The summed E-state index contributed by atoms with van der Waals surface area (Å²) in [6, 6.07) is 18.5. The van der Waals surface area contributed by atoms with Crippen LogP contribution in [0.25, 0.3) is 0 Å². The van der Waals surface area contributed by atoms with Gasteiger partial charge in [-0.2, -0.15) is 13.2 Å². The first kappa shape index (κ1) is 33.3. The number of carbonyl (C=O) groups excluding carboxylic acids is 3. The Hall–Kier alpha value is -4.56. The third-order valence-corrected chi connectivity index (χ3v) is 11.1. The Balaban J connectivity index is 1.38. The molecule has 3 aromatic carbocycles. The van der Waals surface area contributed by atoms with E-state index < -0.39 is 58.0 Å². The maximum atomic E-state index is 14.2. The van der Waals surface area contributed by atoms with Gasteiger partial charge < -0.3 is 15.0 Å². The van der Waals surface area contributed by atoms with E-state index in [0.717, 1.165) is 59.6 Å². The molecule has 0 bridgehead atoms. The molecule has 2 unspecified atom stereocenters. The van der Waals surface area contributed by atoms with Crippen LogP contribution >= 0.6 is 23.1 Å². The smallest absolute Gasteiger partial charge is 0.416 e. The molecule has 3 heterocycles. The van der Waals surface area contributed by atoms with Gasteiger partial charge in [0.05, 0.1) is 29.3 Å². The number of amides is 3. The van der Waals surface area contributed by atoms with Gasteiger partial charge in [0, 0.05) is 35.3 Å². The van der Waals surface area contributed by atoms with E-state index in [1.54, 1.807) is 24.3 Å². The summed E-state index contributed by atoms with van der Waals surface area (Å²) >= 11 is 1.96. The summed E-state index contributed by atoms with van der Waals surface area (Å²) in [5, 5.41) is 1.93. The first-order chi connectivity index (χ1) is 22.9. The molecule has 3 atom stereocenters. The minimum Gasteiger partial charge on any atom is -0.497 e. The fraction of sp³-hybridized carbons (Fsp3) is 0.294. The number of hydrogen-bond acceptors (Lipinski definition) is 8. The summed E-state index contributed by atoms with van der Waals surface area (Å²) in [5.74, 6) is -2.50. The Morgan fingerprint density at radius 1 is 0.958 bits per heavy atom. The first-order valence-corrected chi connectivity index (χ1v) is 16.9. The van der Waals surface area contributed by atoms with E-state index in [9.17, 15) is 32.3 Å². The highest BCUT2D eigenvalue weighted by atomic mass is 32.2. The van der Waals surface area contributed by atoms with Crippen LogP contribution in [-0.2, 0) is 27.1 Å². The van der Waals surface area contributed by atoms with Crippen LogP contribution in [0.1, 0.15) is 35.8 Å². The van der Waals surface area contributed by atoms with Gasteiger partial charge in [-0.25, -0.2) is 4.90 Å². The number of fused-ring (bicyclic) bond motifs is 2. The minimum absolute atomic E-state index is 0.0717. The molecule has 2 aliphatic heterocycles. The van der Waals surface area contributed by atoms with Crippen molar-refractivity contribution in [2.45, 2.75) is 42.8 Å². The number of benzene rings is 3. The zero-order valence-corrected chi connectivity index (χ0v) is 27.7. The zero-order chi connectivity index (χ0) is 34.3. The number of imide groups is 1. The van der Waals surface area contributed by atoms with Gasteiger partial charge in [0.1, 0.15) is 17.5 Å². The number of carbonyl (C=O) groups is 3. The lowest BCUT2D eigenvalue weighted by atomic mass is 9.83. The van der Waals surface area contributed by atoms with Crippen molar-refractivity contribution in [3.8, 4) is 5.75 Å². The number of thiazole rings is 1. The van der Waals surface area contributed by atoms with Gasteiger partial charge in [-0.05, 0) is 74.0 Å². The zero-order valence-electron chi connectivity index (χ0n) is 26.1. The standard InChI is InChI=1S/C34H31F3N4O5S2/c1-4-39(5-2)22-11-9-19(10-12-22)26-27-28(31(44)41(30(27)43)23-13-15-24(46-3)16-14-23)47-32-29(26)48-33(45)40(32)18-25(42)38-21-8-6-7-20(17-21)34(35,36)37/h6-17,26-28H,4-5,18H2,1-3H3,(H,38,42)/t26-,27?,28?/m1/s1. The number of nitrogens with zero attached hydrogens (tertiary/aromatic N) is 3. The lowest BCUT2D eigenvalue weighted by Crippen LogP contribution is -2.33. The average Bonchev–Trinajstić information content (AvgIpc) is 3.51. The molecule has 0 radical (unpaired) electrons. The van der Waals surface area contributed by atoms with Gasteiger partial charge >= 0.3 is 11.0 Å². The Morgan fingerprint density at radius 3 is 2.27 bits per heavy atom. The van der Waals surface area contributed by atoms with Crippen LogP contribution in [0.2, 0.25) is 0 Å². The van der Waals surface area contributed by atoms with E-state index >= 15 is 0 Å². The molecule has 250 valence electrons. The number of alkyl halides is 3. The number of methoxy groups -OCH3 is 1. The predicted octanol–water partition coefficient (Wildman–Crippen LogP) is 6.22. The maximum Gasteiger partial charge on any atom is 0.416 e. The van der Waals surface area contributed by atoms with Crippen LogP contribution in [0.5, 0.6) is 5.75 Å². The molecule has 1 aromatic heterocycles. The Bertz CT molecular complexity index is 1920. The molecular formula is C34H31F3N4O5S2. The Labute approximate surface area is 282 Å². The number of nitrogens with one attached hydrogen (secondary N) is 1. The Morgan fingerprint density at radius 2 is 1.65 bits per heavy atom. The van der Waals surface area contributed by atoms with Crippen molar-refractivity contribution in [1.82, 2.24) is 4.57 Å². The van der Waals surface area contributed by atoms with E-state index in [2.05, 4.69) is 10.2 Å². The third-order valence-electron chi connectivity index (χ3n) is 8.54. The summed E-state index contributed by atoms with van der Waals surface area (Å²) in [6.45, 7) is 5.19. The number of rotatable bonds is 9. The van der Waals surface area contributed by atoms with E-state index in [-0.39, 0.29) is 5.69 Å². The van der Waals surface area contributed by atoms with Crippen molar-refractivity contribution in [2.75, 3.05) is 35.3 Å². The maximum absolute atomic E-state index is 14.2. The van der Waals surface area contributed by atoms with Crippen molar-refractivity contribution >= 4 is 57.9 Å². The second-order valence-corrected chi connectivity index (χ2v) is 13.4. The number of halogens is 3. The molecule has 4 aromatic rings. The molecule has 48 heavy (non-hydrogen) atoms. The molecule has 6 rings (SSSR count). The highest BCUT2D eigenvalue weighted by Crippen LogP contribution is 2.54. The molecule has 1 N–H and O–H groups in total. The number of ether oxygens (including phenoxy) is 1. The SMILES string of the molecule is CCN(CC)c1ccc([C@H]2c3sc(=O)n(CC(=O)Nc4cccc(C(F)(F)F)c4)c3SC3C(=O)N(c4ccc(OC)cc4)C(=O)C32)cc1. The van der Waals surface area contributed by atoms with Crippen LogP contribution in [-0.4, -0.2) is 47.7 Å². The summed E-state index contributed by atoms with van der Waals surface area (Å²) in [6.07, 6.45) is -4.60. The van der Waals surface area contributed by atoms with Gasteiger partial charge in [-0.15, -0.1) is 0 Å². The quantitative estimate of drug-likeness (QED) is 0.208. The lowest BCUT2D eigenvalue weighted by molar-refractivity contribution is -0.137.